The highest BCUT2D eigenvalue weighted by Gasteiger charge is 2.38. The summed E-state index contributed by atoms with van der Waals surface area (Å²) in [6.45, 7) is 11.2. The zero-order chi connectivity index (χ0) is 31.0. The van der Waals surface area contributed by atoms with E-state index in [1.165, 1.54) is 67.0 Å². The molecule has 0 atom stereocenters. The van der Waals surface area contributed by atoms with Gasteiger partial charge in [-0.05, 0) is 100 Å². The molecule has 0 amide bonds. The van der Waals surface area contributed by atoms with Crippen molar-refractivity contribution in [2.45, 2.75) is 39.0 Å². The normalized spacial score (nSPS) is 16.0. The lowest BCUT2D eigenvalue weighted by Crippen LogP contribution is -2.17. The summed E-state index contributed by atoms with van der Waals surface area (Å²) in [5, 5.41) is 0. The molecule has 5 aromatic carbocycles. The summed E-state index contributed by atoms with van der Waals surface area (Å²) in [6.07, 6.45) is 11.3. The summed E-state index contributed by atoms with van der Waals surface area (Å²) in [5.74, 6) is 0. The average Bonchev–Trinajstić information content (AvgIpc) is 3.30. The molecule has 0 saturated heterocycles. The maximum atomic E-state index is 4.50. The molecule has 0 aliphatic heterocycles. The number of allylic oxidation sites excluding steroid dienone is 6. The SMILES string of the molecule is C=C1/C(=C\C)c2c(-c3ccc(N(C4=CCCC=C4)c4ccc(-c5ccccc5)cc4-c4ccccc4)cc3)cccc2C1(C)C. The van der Waals surface area contributed by atoms with Crippen molar-refractivity contribution in [3.8, 4) is 33.4 Å². The van der Waals surface area contributed by atoms with Crippen LogP contribution in [0.15, 0.2) is 163 Å². The molecule has 0 bridgehead atoms. The minimum atomic E-state index is -0.0799. The smallest absolute Gasteiger partial charge is 0.0540 e. The van der Waals surface area contributed by atoms with E-state index in [1.807, 2.05) is 0 Å². The van der Waals surface area contributed by atoms with Gasteiger partial charge in [0, 0.05) is 22.4 Å². The van der Waals surface area contributed by atoms with E-state index in [1.54, 1.807) is 0 Å². The number of benzene rings is 5. The first kappa shape index (κ1) is 28.6. The van der Waals surface area contributed by atoms with E-state index in [4.69, 9.17) is 0 Å². The van der Waals surface area contributed by atoms with Crippen LogP contribution in [0.2, 0.25) is 0 Å². The van der Waals surface area contributed by atoms with Gasteiger partial charge in [0.1, 0.15) is 0 Å². The molecule has 0 N–H and O–H groups in total. The lowest BCUT2D eigenvalue weighted by molar-refractivity contribution is 0.663. The highest BCUT2D eigenvalue weighted by Crippen LogP contribution is 2.52. The van der Waals surface area contributed by atoms with Crippen molar-refractivity contribution < 1.29 is 0 Å². The number of anilines is 2. The molecule has 5 aromatic rings. The van der Waals surface area contributed by atoms with Gasteiger partial charge in [0.05, 0.1) is 5.69 Å². The summed E-state index contributed by atoms with van der Waals surface area (Å²) in [4.78, 5) is 2.42. The van der Waals surface area contributed by atoms with E-state index in [0.717, 1.165) is 18.5 Å². The van der Waals surface area contributed by atoms with Gasteiger partial charge >= 0.3 is 0 Å². The monoisotopic (exact) mass is 581 g/mol. The summed E-state index contributed by atoms with van der Waals surface area (Å²) >= 11 is 0. The summed E-state index contributed by atoms with van der Waals surface area (Å²) in [6, 6.07) is 44.1. The number of hydrogen-bond donors (Lipinski definition) is 0. The molecule has 45 heavy (non-hydrogen) atoms. The van der Waals surface area contributed by atoms with Crippen LogP contribution in [0.4, 0.5) is 11.4 Å². The maximum absolute atomic E-state index is 4.50. The Morgan fingerprint density at radius 2 is 1.33 bits per heavy atom. The molecule has 2 aliphatic rings. The topological polar surface area (TPSA) is 3.24 Å². The van der Waals surface area contributed by atoms with Crippen LogP contribution in [-0.2, 0) is 5.41 Å². The van der Waals surface area contributed by atoms with Crippen LogP contribution in [0, 0.1) is 0 Å². The van der Waals surface area contributed by atoms with Crippen molar-refractivity contribution >= 4 is 16.9 Å². The average molecular weight is 582 g/mol. The Hall–Kier alpha value is -5.14. The Balaban J connectivity index is 1.37. The first-order valence-electron chi connectivity index (χ1n) is 16.0. The molecule has 0 heterocycles. The molecular weight excluding hydrogens is 542 g/mol. The molecule has 1 heteroatoms. The standard InChI is InChI=1S/C44H39N/c1-5-38-31(2)44(3,4)41-23-15-22-39(43(38)41)34-24-27-37(28-25-34)45(36-20-13-8-14-21-36)42-29-26-35(32-16-9-6-10-17-32)30-40(42)33-18-11-7-12-19-33/h5-7,9-13,15-30H,2,8,14H2,1,3-4H3/b38-5+. The van der Waals surface area contributed by atoms with Crippen LogP contribution in [0.5, 0.6) is 0 Å². The predicted molar refractivity (Wildman–Crippen MR) is 194 cm³/mol. The molecule has 0 fully saturated rings. The Morgan fingerprint density at radius 3 is 2.00 bits per heavy atom. The third-order valence-electron chi connectivity index (χ3n) is 9.47. The molecule has 7 rings (SSSR count). The summed E-state index contributed by atoms with van der Waals surface area (Å²) in [5.41, 5.74) is 15.9. The van der Waals surface area contributed by atoms with Crippen molar-refractivity contribution in [2.24, 2.45) is 0 Å². The Morgan fingerprint density at radius 1 is 0.667 bits per heavy atom. The molecule has 220 valence electrons. The number of hydrogen-bond acceptors (Lipinski definition) is 1. The second-order valence-corrected chi connectivity index (χ2v) is 12.5. The van der Waals surface area contributed by atoms with Crippen molar-refractivity contribution in [3.05, 3.63) is 175 Å². The summed E-state index contributed by atoms with van der Waals surface area (Å²) < 4.78 is 0. The van der Waals surface area contributed by atoms with Gasteiger partial charge in [-0.2, -0.15) is 0 Å². The minimum Gasteiger partial charge on any atom is -0.310 e. The second kappa shape index (κ2) is 11.7. The molecule has 1 nitrogen and oxygen atoms in total. The van der Waals surface area contributed by atoms with Crippen LogP contribution in [0.25, 0.3) is 39.0 Å². The predicted octanol–water partition coefficient (Wildman–Crippen LogP) is 12.3. The van der Waals surface area contributed by atoms with Gasteiger partial charge in [-0.15, -0.1) is 0 Å². The minimum absolute atomic E-state index is 0.0799. The lowest BCUT2D eigenvalue weighted by atomic mass is 9.83. The van der Waals surface area contributed by atoms with E-state index in [2.05, 4.69) is 178 Å². The van der Waals surface area contributed by atoms with Gasteiger partial charge in [0.2, 0.25) is 0 Å². The van der Waals surface area contributed by atoms with Crippen LogP contribution < -0.4 is 4.90 Å². The van der Waals surface area contributed by atoms with Gasteiger partial charge in [0.25, 0.3) is 0 Å². The van der Waals surface area contributed by atoms with Crippen LogP contribution >= 0.6 is 0 Å². The zero-order valence-electron chi connectivity index (χ0n) is 26.4. The fraction of sp³-hybridized carbons (Fsp3) is 0.136. The Bertz CT molecular complexity index is 1970. The number of fused-ring (bicyclic) bond motifs is 1. The van der Waals surface area contributed by atoms with Gasteiger partial charge in [0.15, 0.2) is 0 Å². The zero-order valence-corrected chi connectivity index (χ0v) is 26.4. The highest BCUT2D eigenvalue weighted by molar-refractivity contribution is 5.96. The van der Waals surface area contributed by atoms with Crippen LogP contribution in [0.1, 0.15) is 44.7 Å². The van der Waals surface area contributed by atoms with Crippen LogP contribution in [-0.4, -0.2) is 0 Å². The van der Waals surface area contributed by atoms with Crippen molar-refractivity contribution in [1.29, 1.82) is 0 Å². The first-order chi connectivity index (χ1) is 22.0. The Kier molecular flexibility index (Phi) is 7.47. The third kappa shape index (κ3) is 5.09. The van der Waals surface area contributed by atoms with Crippen molar-refractivity contribution in [3.63, 3.8) is 0 Å². The fourth-order valence-corrected chi connectivity index (χ4v) is 6.95. The second-order valence-electron chi connectivity index (χ2n) is 12.5. The fourth-order valence-electron chi connectivity index (χ4n) is 6.95. The number of nitrogens with zero attached hydrogens (tertiary/aromatic N) is 1. The molecular formula is C44H39N. The van der Waals surface area contributed by atoms with Crippen LogP contribution in [0.3, 0.4) is 0 Å². The van der Waals surface area contributed by atoms with Gasteiger partial charge < -0.3 is 4.90 Å². The van der Waals surface area contributed by atoms with E-state index in [0.29, 0.717) is 0 Å². The molecule has 0 unspecified atom stereocenters. The third-order valence-corrected chi connectivity index (χ3v) is 9.47. The molecule has 0 saturated carbocycles. The van der Waals surface area contributed by atoms with E-state index >= 15 is 0 Å². The summed E-state index contributed by atoms with van der Waals surface area (Å²) in [7, 11) is 0. The lowest BCUT2D eigenvalue weighted by Gasteiger charge is -2.30. The molecule has 2 aliphatic carbocycles. The maximum Gasteiger partial charge on any atom is 0.0540 e. The molecule has 0 aromatic heterocycles. The number of rotatable bonds is 6. The van der Waals surface area contributed by atoms with Gasteiger partial charge in [-0.25, -0.2) is 0 Å². The largest absolute Gasteiger partial charge is 0.310 e. The van der Waals surface area contributed by atoms with Crippen molar-refractivity contribution in [1.82, 2.24) is 0 Å². The quantitative estimate of drug-likeness (QED) is 0.193. The van der Waals surface area contributed by atoms with Crippen molar-refractivity contribution in [2.75, 3.05) is 4.90 Å². The van der Waals surface area contributed by atoms with E-state index < -0.39 is 0 Å². The Labute approximate surface area is 268 Å². The van der Waals surface area contributed by atoms with Gasteiger partial charge in [-0.1, -0.05) is 136 Å². The molecule has 0 spiro atoms. The van der Waals surface area contributed by atoms with E-state index in [9.17, 15) is 0 Å². The molecule has 0 radical (unpaired) electrons. The first-order valence-corrected chi connectivity index (χ1v) is 16.0. The van der Waals surface area contributed by atoms with E-state index in [-0.39, 0.29) is 5.41 Å². The van der Waals surface area contributed by atoms with Gasteiger partial charge in [-0.3, -0.25) is 0 Å². The highest BCUT2D eigenvalue weighted by atomic mass is 15.1.